The number of para-hydroxylation sites is 3. The summed E-state index contributed by atoms with van der Waals surface area (Å²) in [5, 5.41) is 12.1. The van der Waals surface area contributed by atoms with Gasteiger partial charge in [-0.15, -0.1) is 10.2 Å². The number of nitrogens with zero attached hydrogens (tertiary/aromatic N) is 5. The largest absolute Gasteiger partial charge is 0.455 e. The van der Waals surface area contributed by atoms with Gasteiger partial charge in [0.15, 0.2) is 5.75 Å². The van der Waals surface area contributed by atoms with Gasteiger partial charge in [-0.25, -0.2) is 0 Å². The molecular weight excluding hydrogens is 330 g/mol. The Morgan fingerprint density at radius 2 is 1.69 bits per heavy atom. The maximum Gasteiger partial charge on any atom is 0.299 e. The quantitative estimate of drug-likeness (QED) is 0.719. The number of carbonyl (C=O) groups excluding carboxylic acids is 1. The number of hydrogen-bond acceptors (Lipinski definition) is 5. The van der Waals surface area contributed by atoms with E-state index < -0.39 is 0 Å². The smallest absolute Gasteiger partial charge is 0.299 e. The minimum atomic E-state index is -0.357. The van der Waals surface area contributed by atoms with Gasteiger partial charge in [0, 0.05) is 7.05 Å². The van der Waals surface area contributed by atoms with E-state index in [1.54, 1.807) is 7.05 Å². The topological polar surface area (TPSA) is 73.1 Å². The minimum Gasteiger partial charge on any atom is -0.455 e. The zero-order valence-electron chi connectivity index (χ0n) is 15.2. The van der Waals surface area contributed by atoms with Gasteiger partial charge in [0.05, 0.1) is 11.2 Å². The van der Waals surface area contributed by atoms with E-state index in [9.17, 15) is 4.79 Å². The molecule has 0 spiro atoms. The molecule has 1 aromatic heterocycles. The van der Waals surface area contributed by atoms with E-state index in [-0.39, 0.29) is 17.3 Å². The van der Waals surface area contributed by atoms with Crippen LogP contribution in [0.3, 0.4) is 0 Å². The molecule has 134 valence electrons. The molecular formula is C19H21N5O2. The fourth-order valence-corrected chi connectivity index (χ4v) is 2.28. The Balaban J connectivity index is 1.87. The molecule has 0 atom stereocenters. The second kappa shape index (κ2) is 6.95. The average molecular weight is 351 g/mol. The van der Waals surface area contributed by atoms with Gasteiger partial charge in [-0.2, -0.15) is 4.80 Å². The van der Waals surface area contributed by atoms with E-state index in [0.29, 0.717) is 17.2 Å². The first-order valence-corrected chi connectivity index (χ1v) is 8.27. The van der Waals surface area contributed by atoms with Crippen molar-refractivity contribution in [2.24, 2.45) is 0 Å². The van der Waals surface area contributed by atoms with Gasteiger partial charge in [0.2, 0.25) is 0 Å². The third-order valence-electron chi connectivity index (χ3n) is 3.71. The summed E-state index contributed by atoms with van der Waals surface area (Å²) in [5.41, 5.74) is 0.270. The molecule has 7 nitrogen and oxygen atoms in total. The van der Waals surface area contributed by atoms with E-state index in [2.05, 4.69) is 15.4 Å². The van der Waals surface area contributed by atoms with Crippen molar-refractivity contribution in [2.75, 3.05) is 11.9 Å². The monoisotopic (exact) mass is 351 g/mol. The van der Waals surface area contributed by atoms with E-state index in [1.807, 2.05) is 75.4 Å². The third-order valence-corrected chi connectivity index (χ3v) is 3.71. The summed E-state index contributed by atoms with van der Waals surface area (Å²) in [6.07, 6.45) is 0. The van der Waals surface area contributed by atoms with Crippen molar-refractivity contribution in [3.63, 3.8) is 0 Å². The van der Waals surface area contributed by atoms with Crippen molar-refractivity contribution < 1.29 is 9.53 Å². The highest BCUT2D eigenvalue weighted by Gasteiger charge is 2.24. The zero-order chi connectivity index (χ0) is 18.7. The molecule has 0 saturated carbocycles. The maximum absolute atomic E-state index is 12.8. The molecule has 0 radical (unpaired) electrons. The highest BCUT2D eigenvalue weighted by atomic mass is 16.5. The molecule has 1 heterocycles. The summed E-state index contributed by atoms with van der Waals surface area (Å²) in [6, 6.07) is 16.7. The summed E-state index contributed by atoms with van der Waals surface area (Å²) in [5.74, 6) is 0.942. The van der Waals surface area contributed by atoms with Crippen LogP contribution in [0.1, 0.15) is 31.4 Å². The molecule has 2 aromatic carbocycles. The minimum absolute atomic E-state index is 0.0388. The van der Waals surface area contributed by atoms with Crippen LogP contribution in [0.4, 0.5) is 5.69 Å². The number of tetrazole rings is 1. The molecule has 0 unspecified atom stereocenters. The van der Waals surface area contributed by atoms with Crippen molar-refractivity contribution in [3.8, 4) is 11.5 Å². The first kappa shape index (κ1) is 17.6. The molecule has 0 N–H and O–H groups in total. The molecule has 0 saturated heterocycles. The fraction of sp³-hybridized carbons (Fsp3) is 0.263. The summed E-state index contributed by atoms with van der Waals surface area (Å²) in [6.45, 7) is 5.82. The second-order valence-electron chi connectivity index (χ2n) is 6.82. The van der Waals surface area contributed by atoms with Crippen LogP contribution in [0.5, 0.6) is 11.5 Å². The van der Waals surface area contributed by atoms with Gasteiger partial charge in [-0.05, 0) is 50.3 Å². The Morgan fingerprint density at radius 3 is 2.35 bits per heavy atom. The van der Waals surface area contributed by atoms with Crippen LogP contribution in [0.25, 0.3) is 0 Å². The first-order valence-electron chi connectivity index (χ1n) is 8.27. The number of anilines is 1. The predicted octanol–water partition coefficient (Wildman–Crippen LogP) is 3.50. The van der Waals surface area contributed by atoms with Crippen LogP contribution in [0.2, 0.25) is 0 Å². The number of carbonyl (C=O) groups is 1. The molecule has 0 aliphatic carbocycles. The number of amides is 1. The Hall–Kier alpha value is -3.22. The highest BCUT2D eigenvalue weighted by molar-refractivity contribution is 6.03. The lowest BCUT2D eigenvalue weighted by atomic mass is 10.1. The van der Waals surface area contributed by atoms with Gasteiger partial charge in [-0.3, -0.25) is 4.79 Å². The predicted molar refractivity (Wildman–Crippen MR) is 98.5 cm³/mol. The lowest BCUT2D eigenvalue weighted by molar-refractivity contribution is 0.0981. The van der Waals surface area contributed by atoms with E-state index in [0.717, 1.165) is 0 Å². The van der Waals surface area contributed by atoms with Crippen molar-refractivity contribution in [1.29, 1.82) is 0 Å². The molecule has 0 aliphatic rings. The van der Waals surface area contributed by atoms with Crippen molar-refractivity contribution in [1.82, 2.24) is 20.2 Å². The summed E-state index contributed by atoms with van der Waals surface area (Å²) in [7, 11) is 1.66. The van der Waals surface area contributed by atoms with Gasteiger partial charge in [-0.1, -0.05) is 30.3 Å². The van der Waals surface area contributed by atoms with Gasteiger partial charge in [0.25, 0.3) is 11.7 Å². The fourth-order valence-electron chi connectivity index (χ4n) is 2.28. The maximum atomic E-state index is 12.8. The average Bonchev–Trinajstić information content (AvgIpc) is 3.12. The van der Waals surface area contributed by atoms with E-state index in [4.69, 9.17) is 4.74 Å². The van der Waals surface area contributed by atoms with Crippen molar-refractivity contribution >= 4 is 11.6 Å². The molecule has 7 heteroatoms. The third kappa shape index (κ3) is 3.72. The molecule has 3 aromatic rings. The van der Waals surface area contributed by atoms with Crippen LogP contribution in [0, 0.1) is 0 Å². The standard InChI is InChI=1S/C19H21N5O2/c1-19(2,3)24-21-17(20-22-24)18(25)23(4)15-12-8-9-13-16(15)26-14-10-6-5-7-11-14/h5-13H,1-4H3. The molecule has 0 aliphatic heterocycles. The molecule has 3 rings (SSSR count). The summed E-state index contributed by atoms with van der Waals surface area (Å²) >= 11 is 0. The normalized spacial score (nSPS) is 11.2. The molecule has 0 bridgehead atoms. The summed E-state index contributed by atoms with van der Waals surface area (Å²) < 4.78 is 5.92. The molecule has 26 heavy (non-hydrogen) atoms. The Kier molecular flexibility index (Phi) is 4.71. The van der Waals surface area contributed by atoms with Crippen LogP contribution >= 0.6 is 0 Å². The lowest BCUT2D eigenvalue weighted by Gasteiger charge is -2.19. The molecule has 1 amide bonds. The Bertz CT molecular complexity index is 900. The van der Waals surface area contributed by atoms with Gasteiger partial charge in [0.1, 0.15) is 5.75 Å². The Morgan fingerprint density at radius 1 is 1.04 bits per heavy atom. The number of benzene rings is 2. The van der Waals surface area contributed by atoms with E-state index >= 15 is 0 Å². The van der Waals surface area contributed by atoms with Gasteiger partial charge < -0.3 is 9.64 Å². The second-order valence-corrected chi connectivity index (χ2v) is 6.82. The zero-order valence-corrected chi connectivity index (χ0v) is 15.2. The number of ether oxygens (including phenoxy) is 1. The van der Waals surface area contributed by atoms with Crippen LogP contribution < -0.4 is 9.64 Å². The first-order chi connectivity index (χ1) is 12.4. The van der Waals surface area contributed by atoms with Crippen LogP contribution in [-0.2, 0) is 5.54 Å². The van der Waals surface area contributed by atoms with E-state index in [1.165, 1.54) is 9.70 Å². The number of aromatic nitrogens is 4. The highest BCUT2D eigenvalue weighted by Crippen LogP contribution is 2.31. The lowest BCUT2D eigenvalue weighted by Crippen LogP contribution is -2.29. The number of hydrogen-bond donors (Lipinski definition) is 0. The number of rotatable bonds is 4. The Labute approximate surface area is 152 Å². The van der Waals surface area contributed by atoms with Crippen molar-refractivity contribution in [2.45, 2.75) is 26.3 Å². The summed E-state index contributed by atoms with van der Waals surface area (Å²) in [4.78, 5) is 15.7. The van der Waals surface area contributed by atoms with Gasteiger partial charge >= 0.3 is 0 Å². The van der Waals surface area contributed by atoms with Crippen LogP contribution in [-0.4, -0.2) is 33.2 Å². The SMILES string of the molecule is CN(C(=O)c1nnn(C(C)(C)C)n1)c1ccccc1Oc1ccccc1. The molecule has 0 fully saturated rings. The van der Waals surface area contributed by atoms with Crippen molar-refractivity contribution in [3.05, 3.63) is 60.4 Å². The van der Waals surface area contributed by atoms with Crippen LogP contribution in [0.15, 0.2) is 54.6 Å².